The highest BCUT2D eigenvalue weighted by Gasteiger charge is 2.34. The molecule has 3 heterocycles. The Morgan fingerprint density at radius 3 is 2.63 bits per heavy atom. The van der Waals surface area contributed by atoms with Crippen molar-refractivity contribution in [3.63, 3.8) is 0 Å². The minimum atomic E-state index is 0.0443. The third-order valence-electron chi connectivity index (χ3n) is 6.13. The van der Waals surface area contributed by atoms with Gasteiger partial charge in [0.25, 0.3) is 0 Å². The van der Waals surface area contributed by atoms with Crippen LogP contribution < -0.4 is 10.1 Å². The minimum Gasteiger partial charge on any atom is -0.493 e. The van der Waals surface area contributed by atoms with Crippen LogP contribution in [0.25, 0.3) is 10.6 Å². The van der Waals surface area contributed by atoms with Crippen LogP contribution in [0.5, 0.6) is 5.75 Å². The first-order chi connectivity index (χ1) is 12.8. The van der Waals surface area contributed by atoms with Crippen LogP contribution >= 0.6 is 11.3 Å². The number of benzene rings is 1. The summed E-state index contributed by atoms with van der Waals surface area (Å²) in [5.74, 6) is 1.72. The Labute approximate surface area is 167 Å². The summed E-state index contributed by atoms with van der Waals surface area (Å²) in [4.78, 5) is 5.07. The number of thiazole rings is 1. The van der Waals surface area contributed by atoms with E-state index in [1.807, 2.05) is 0 Å². The van der Waals surface area contributed by atoms with Gasteiger partial charge >= 0.3 is 0 Å². The molecule has 2 aliphatic heterocycles. The quantitative estimate of drug-likeness (QED) is 0.728. The van der Waals surface area contributed by atoms with E-state index in [2.05, 4.69) is 57.4 Å². The first kappa shape index (κ1) is 18.9. The van der Waals surface area contributed by atoms with Gasteiger partial charge in [-0.05, 0) is 55.3 Å². The summed E-state index contributed by atoms with van der Waals surface area (Å²) in [6, 6.07) is 4.67. The predicted octanol–water partition coefficient (Wildman–Crippen LogP) is 5.63. The van der Waals surface area contributed by atoms with Crippen molar-refractivity contribution in [3.05, 3.63) is 34.3 Å². The molecule has 1 N–H and O–H groups in total. The van der Waals surface area contributed by atoms with Crippen molar-refractivity contribution in [2.75, 3.05) is 19.7 Å². The molecule has 3 nitrogen and oxygen atoms in total. The third-order valence-corrected chi connectivity index (χ3v) is 7.04. The Morgan fingerprint density at radius 1 is 1.19 bits per heavy atom. The SMILES string of the molecule is CC(C)(C)c1cc(-c2nc(C3CCNCC3)cs2)cc2c1OCCC2(C)C. The molecule has 1 aromatic heterocycles. The fraction of sp³-hybridized carbons (Fsp3) is 0.609. The molecule has 146 valence electrons. The van der Waals surface area contributed by atoms with Crippen molar-refractivity contribution < 1.29 is 4.74 Å². The number of piperidine rings is 1. The zero-order valence-electron chi connectivity index (χ0n) is 17.3. The fourth-order valence-corrected chi connectivity index (χ4v) is 5.12. The van der Waals surface area contributed by atoms with Crippen LogP contribution in [0.4, 0.5) is 0 Å². The molecule has 27 heavy (non-hydrogen) atoms. The molecule has 0 amide bonds. The highest BCUT2D eigenvalue weighted by molar-refractivity contribution is 7.13. The van der Waals surface area contributed by atoms with Gasteiger partial charge in [0, 0.05) is 28.0 Å². The molecule has 0 saturated carbocycles. The summed E-state index contributed by atoms with van der Waals surface area (Å²) in [7, 11) is 0. The fourth-order valence-electron chi connectivity index (χ4n) is 4.23. The van der Waals surface area contributed by atoms with Crippen molar-refractivity contribution in [2.24, 2.45) is 0 Å². The summed E-state index contributed by atoms with van der Waals surface area (Å²) in [5.41, 5.74) is 5.36. The molecule has 0 unspecified atom stereocenters. The molecule has 2 aliphatic rings. The molecule has 1 aromatic carbocycles. The summed E-state index contributed by atoms with van der Waals surface area (Å²) in [5, 5.41) is 6.88. The zero-order valence-corrected chi connectivity index (χ0v) is 18.1. The standard InChI is InChI=1S/C23H32N2OS/c1-22(2,3)17-12-16(13-18-20(17)26-11-8-23(18,4)5)21-25-19(14-27-21)15-6-9-24-10-7-15/h12-15,24H,6-11H2,1-5H3. The Bertz CT molecular complexity index is 808. The second-order valence-corrected chi connectivity index (χ2v) is 10.6. The second kappa shape index (κ2) is 6.89. The summed E-state index contributed by atoms with van der Waals surface area (Å²) < 4.78 is 6.18. The van der Waals surface area contributed by atoms with Gasteiger partial charge in [0.2, 0.25) is 0 Å². The number of nitrogens with one attached hydrogen (secondary N) is 1. The molecule has 2 aromatic rings. The molecule has 4 rings (SSSR count). The van der Waals surface area contributed by atoms with Gasteiger partial charge in [0.1, 0.15) is 10.8 Å². The van der Waals surface area contributed by atoms with Crippen molar-refractivity contribution in [1.82, 2.24) is 10.3 Å². The molecule has 0 bridgehead atoms. The number of nitrogens with zero attached hydrogens (tertiary/aromatic N) is 1. The lowest BCUT2D eigenvalue weighted by Crippen LogP contribution is -2.29. The summed E-state index contributed by atoms with van der Waals surface area (Å²) >= 11 is 1.79. The lowest BCUT2D eigenvalue weighted by molar-refractivity contribution is 0.228. The van der Waals surface area contributed by atoms with Crippen LogP contribution in [-0.4, -0.2) is 24.7 Å². The predicted molar refractivity (Wildman–Crippen MR) is 114 cm³/mol. The molecular weight excluding hydrogens is 352 g/mol. The van der Waals surface area contributed by atoms with Crippen LogP contribution in [0.1, 0.15) is 76.6 Å². The van der Waals surface area contributed by atoms with E-state index in [-0.39, 0.29) is 10.8 Å². The van der Waals surface area contributed by atoms with Crippen LogP contribution in [0, 0.1) is 0 Å². The van der Waals surface area contributed by atoms with E-state index >= 15 is 0 Å². The first-order valence-corrected chi connectivity index (χ1v) is 11.1. The van der Waals surface area contributed by atoms with Crippen molar-refractivity contribution in [2.45, 2.75) is 70.6 Å². The van der Waals surface area contributed by atoms with E-state index in [1.54, 1.807) is 11.3 Å². The first-order valence-electron chi connectivity index (χ1n) is 10.2. The number of hydrogen-bond donors (Lipinski definition) is 1. The van der Waals surface area contributed by atoms with Crippen LogP contribution in [0.2, 0.25) is 0 Å². The number of fused-ring (bicyclic) bond motifs is 1. The summed E-state index contributed by atoms with van der Waals surface area (Å²) in [6.45, 7) is 14.5. The van der Waals surface area contributed by atoms with Crippen molar-refractivity contribution in [3.8, 4) is 16.3 Å². The molecule has 0 aliphatic carbocycles. The molecule has 1 fully saturated rings. The molecule has 0 spiro atoms. The van der Waals surface area contributed by atoms with Gasteiger partial charge in [-0.15, -0.1) is 11.3 Å². The average molecular weight is 385 g/mol. The van der Waals surface area contributed by atoms with Gasteiger partial charge < -0.3 is 10.1 Å². The van der Waals surface area contributed by atoms with Gasteiger partial charge in [-0.25, -0.2) is 4.98 Å². The van der Waals surface area contributed by atoms with E-state index in [4.69, 9.17) is 9.72 Å². The normalized spacial score (nSPS) is 20.2. The molecule has 0 atom stereocenters. The number of aromatic nitrogens is 1. The Morgan fingerprint density at radius 2 is 1.93 bits per heavy atom. The van der Waals surface area contributed by atoms with Crippen molar-refractivity contribution >= 4 is 11.3 Å². The highest BCUT2D eigenvalue weighted by Crippen LogP contribution is 2.46. The van der Waals surface area contributed by atoms with E-state index < -0.39 is 0 Å². The Balaban J connectivity index is 1.78. The van der Waals surface area contributed by atoms with Crippen LogP contribution in [0.15, 0.2) is 17.5 Å². The topological polar surface area (TPSA) is 34.2 Å². The maximum Gasteiger partial charge on any atom is 0.126 e. The second-order valence-electron chi connectivity index (χ2n) is 9.73. The number of hydrogen-bond acceptors (Lipinski definition) is 4. The van der Waals surface area contributed by atoms with Crippen LogP contribution in [-0.2, 0) is 10.8 Å². The maximum absolute atomic E-state index is 6.18. The number of ether oxygens (including phenoxy) is 1. The molecular formula is C23H32N2OS. The van der Waals surface area contributed by atoms with Crippen molar-refractivity contribution in [1.29, 1.82) is 0 Å². The highest BCUT2D eigenvalue weighted by atomic mass is 32.1. The zero-order chi connectivity index (χ0) is 19.2. The largest absolute Gasteiger partial charge is 0.493 e. The smallest absolute Gasteiger partial charge is 0.126 e. The lowest BCUT2D eigenvalue weighted by atomic mass is 9.75. The van der Waals surface area contributed by atoms with E-state index in [1.165, 1.54) is 35.2 Å². The molecule has 1 saturated heterocycles. The summed E-state index contributed by atoms with van der Waals surface area (Å²) in [6.07, 6.45) is 3.45. The van der Waals surface area contributed by atoms with Gasteiger partial charge in [-0.3, -0.25) is 0 Å². The Kier molecular flexibility index (Phi) is 4.84. The lowest BCUT2D eigenvalue weighted by Gasteiger charge is -2.36. The van der Waals surface area contributed by atoms with E-state index in [9.17, 15) is 0 Å². The maximum atomic E-state index is 6.18. The van der Waals surface area contributed by atoms with Gasteiger partial charge in [-0.2, -0.15) is 0 Å². The average Bonchev–Trinajstić information content (AvgIpc) is 3.11. The van der Waals surface area contributed by atoms with Crippen LogP contribution in [0.3, 0.4) is 0 Å². The third kappa shape index (κ3) is 3.66. The van der Waals surface area contributed by atoms with E-state index in [0.29, 0.717) is 5.92 Å². The minimum absolute atomic E-state index is 0.0443. The van der Waals surface area contributed by atoms with Gasteiger partial charge in [0.15, 0.2) is 0 Å². The van der Waals surface area contributed by atoms with Gasteiger partial charge in [0.05, 0.1) is 12.3 Å². The number of rotatable bonds is 2. The van der Waals surface area contributed by atoms with Gasteiger partial charge in [-0.1, -0.05) is 34.6 Å². The Hall–Kier alpha value is -1.39. The monoisotopic (exact) mass is 384 g/mol. The van der Waals surface area contributed by atoms with E-state index in [0.717, 1.165) is 36.9 Å². The molecule has 4 heteroatoms. The molecule has 0 radical (unpaired) electrons.